The van der Waals surface area contributed by atoms with Crippen LogP contribution >= 0.6 is 0 Å². The van der Waals surface area contributed by atoms with Gasteiger partial charge in [-0.2, -0.15) is 5.26 Å². The number of amides is 1. The maximum Gasteiger partial charge on any atom is 0.258 e. The molecule has 1 saturated carbocycles. The summed E-state index contributed by atoms with van der Waals surface area (Å²) in [6.07, 6.45) is 8.27. The van der Waals surface area contributed by atoms with E-state index in [0.29, 0.717) is 23.7 Å². The Labute approximate surface area is 144 Å². The third-order valence-electron chi connectivity index (χ3n) is 4.20. The highest BCUT2D eigenvalue weighted by Crippen LogP contribution is 2.28. The Hall–Kier alpha value is -2.22. The molecule has 1 aliphatic rings. The predicted octanol–water partition coefficient (Wildman–Crippen LogP) is 3.56. The number of rotatable bonds is 6. The van der Waals surface area contributed by atoms with E-state index in [9.17, 15) is 4.79 Å². The average molecular weight is 330 g/mol. The second-order valence-corrected chi connectivity index (χ2v) is 6.10. The first-order valence-electron chi connectivity index (χ1n) is 8.82. The van der Waals surface area contributed by atoms with Crippen molar-refractivity contribution in [2.75, 3.05) is 13.2 Å². The first-order chi connectivity index (χ1) is 11.7. The Balaban J connectivity index is 1.87. The lowest BCUT2D eigenvalue weighted by atomic mass is 9.97. The summed E-state index contributed by atoms with van der Waals surface area (Å²) < 4.78 is 11.1. The Kier molecular flexibility index (Phi) is 7.41. The van der Waals surface area contributed by atoms with Gasteiger partial charge in [0.2, 0.25) is 0 Å². The zero-order chi connectivity index (χ0) is 17.2. The van der Waals surface area contributed by atoms with Crippen molar-refractivity contribution in [1.82, 2.24) is 5.32 Å². The van der Waals surface area contributed by atoms with E-state index in [-0.39, 0.29) is 18.6 Å². The zero-order valence-electron chi connectivity index (χ0n) is 14.3. The molecule has 5 nitrogen and oxygen atoms in total. The molecule has 0 bridgehead atoms. The van der Waals surface area contributed by atoms with Crippen molar-refractivity contribution in [2.45, 2.75) is 57.9 Å². The van der Waals surface area contributed by atoms with Gasteiger partial charge >= 0.3 is 0 Å². The number of hydrogen-bond donors (Lipinski definition) is 1. The Bertz CT molecular complexity index is 572. The molecule has 0 atom stereocenters. The highest BCUT2D eigenvalue weighted by molar-refractivity contribution is 5.78. The number of carbonyl (C=O) groups is 1. The summed E-state index contributed by atoms with van der Waals surface area (Å²) in [6.45, 7) is 2.30. The summed E-state index contributed by atoms with van der Waals surface area (Å²) in [5.74, 6) is 0.881. The zero-order valence-corrected chi connectivity index (χ0v) is 14.3. The highest BCUT2D eigenvalue weighted by Gasteiger charge is 2.15. The molecule has 24 heavy (non-hydrogen) atoms. The minimum Gasteiger partial charge on any atom is -0.490 e. The molecule has 1 N–H and O–H groups in total. The van der Waals surface area contributed by atoms with Crippen molar-refractivity contribution in [3.8, 4) is 17.6 Å². The molecular weight excluding hydrogens is 304 g/mol. The molecule has 0 heterocycles. The monoisotopic (exact) mass is 330 g/mol. The molecule has 1 aromatic rings. The molecule has 0 radical (unpaired) electrons. The van der Waals surface area contributed by atoms with Gasteiger partial charge in [0.15, 0.2) is 18.1 Å². The van der Waals surface area contributed by atoms with Crippen molar-refractivity contribution in [3.05, 3.63) is 23.8 Å². The van der Waals surface area contributed by atoms with Crippen LogP contribution in [0.2, 0.25) is 0 Å². The predicted molar refractivity (Wildman–Crippen MR) is 92.1 cm³/mol. The van der Waals surface area contributed by atoms with Crippen LogP contribution in [0.3, 0.4) is 0 Å². The number of hydrogen-bond acceptors (Lipinski definition) is 4. The quantitative estimate of drug-likeness (QED) is 0.865. The third kappa shape index (κ3) is 5.77. The Morgan fingerprint density at radius 3 is 2.54 bits per heavy atom. The molecule has 130 valence electrons. The van der Waals surface area contributed by atoms with Crippen molar-refractivity contribution in [3.63, 3.8) is 0 Å². The topological polar surface area (TPSA) is 71.3 Å². The van der Waals surface area contributed by atoms with Crippen molar-refractivity contribution < 1.29 is 14.3 Å². The van der Waals surface area contributed by atoms with Crippen LogP contribution in [0.1, 0.15) is 57.4 Å². The van der Waals surface area contributed by atoms with Crippen molar-refractivity contribution in [2.24, 2.45) is 0 Å². The van der Waals surface area contributed by atoms with Gasteiger partial charge in [-0.15, -0.1) is 0 Å². The second kappa shape index (κ2) is 9.82. The normalized spacial score (nSPS) is 15.7. The molecule has 1 fully saturated rings. The molecule has 1 aromatic carbocycles. The van der Waals surface area contributed by atoms with Crippen LogP contribution in [0.25, 0.3) is 0 Å². The van der Waals surface area contributed by atoms with Crippen LogP contribution in [-0.2, 0) is 4.79 Å². The molecule has 0 aliphatic heterocycles. The lowest BCUT2D eigenvalue weighted by molar-refractivity contribution is -0.123. The van der Waals surface area contributed by atoms with Gasteiger partial charge in [0, 0.05) is 12.1 Å². The maximum absolute atomic E-state index is 12.1. The van der Waals surface area contributed by atoms with Crippen molar-refractivity contribution in [1.29, 1.82) is 5.26 Å². The number of ether oxygens (including phenoxy) is 2. The number of benzene rings is 1. The van der Waals surface area contributed by atoms with Gasteiger partial charge in [-0.25, -0.2) is 0 Å². The Morgan fingerprint density at radius 1 is 1.17 bits per heavy atom. The first kappa shape index (κ1) is 18.1. The SMILES string of the molecule is CCOc1cc(C#N)ccc1OCC(=O)NC1CCCCCCC1. The fourth-order valence-corrected chi connectivity index (χ4v) is 2.98. The summed E-state index contributed by atoms with van der Waals surface area (Å²) in [5.41, 5.74) is 0.504. The molecule has 0 spiro atoms. The van der Waals surface area contributed by atoms with E-state index in [1.807, 2.05) is 6.92 Å². The number of nitrogens with zero attached hydrogens (tertiary/aromatic N) is 1. The number of nitriles is 1. The van der Waals surface area contributed by atoms with E-state index in [4.69, 9.17) is 14.7 Å². The van der Waals surface area contributed by atoms with Gasteiger partial charge in [0.1, 0.15) is 0 Å². The van der Waals surface area contributed by atoms with Crippen LogP contribution in [0.4, 0.5) is 0 Å². The molecule has 1 amide bonds. The molecule has 0 aromatic heterocycles. The lowest BCUT2D eigenvalue weighted by Gasteiger charge is -2.21. The first-order valence-corrected chi connectivity index (χ1v) is 8.82. The smallest absolute Gasteiger partial charge is 0.258 e. The van der Waals surface area contributed by atoms with E-state index in [1.54, 1.807) is 18.2 Å². The maximum atomic E-state index is 12.1. The largest absolute Gasteiger partial charge is 0.490 e. The van der Waals surface area contributed by atoms with Gasteiger partial charge in [0.25, 0.3) is 5.91 Å². The van der Waals surface area contributed by atoms with Crippen LogP contribution in [0.15, 0.2) is 18.2 Å². The molecule has 2 rings (SSSR count). The van der Waals surface area contributed by atoms with E-state index in [0.717, 1.165) is 12.8 Å². The minimum absolute atomic E-state index is 0.0392. The van der Waals surface area contributed by atoms with E-state index >= 15 is 0 Å². The molecule has 0 unspecified atom stereocenters. The fraction of sp³-hybridized carbons (Fsp3) is 0.579. The summed E-state index contributed by atoms with van der Waals surface area (Å²) in [4.78, 5) is 12.1. The Morgan fingerprint density at radius 2 is 1.88 bits per heavy atom. The summed E-state index contributed by atoms with van der Waals surface area (Å²) in [7, 11) is 0. The minimum atomic E-state index is -0.104. The van der Waals surface area contributed by atoms with Gasteiger partial charge in [-0.3, -0.25) is 4.79 Å². The van der Waals surface area contributed by atoms with Gasteiger partial charge < -0.3 is 14.8 Å². The number of carbonyl (C=O) groups excluding carboxylic acids is 1. The molecule has 0 saturated heterocycles. The van der Waals surface area contributed by atoms with Crippen LogP contribution in [0, 0.1) is 11.3 Å². The van der Waals surface area contributed by atoms with Crippen LogP contribution < -0.4 is 14.8 Å². The second-order valence-electron chi connectivity index (χ2n) is 6.10. The summed E-state index contributed by atoms with van der Waals surface area (Å²) >= 11 is 0. The summed E-state index contributed by atoms with van der Waals surface area (Å²) in [6, 6.07) is 7.29. The van der Waals surface area contributed by atoms with E-state index < -0.39 is 0 Å². The molecule has 5 heteroatoms. The summed E-state index contributed by atoms with van der Waals surface area (Å²) in [5, 5.41) is 12.0. The standard InChI is InChI=1S/C19H26N2O3/c1-2-23-18-12-15(13-20)10-11-17(18)24-14-19(22)21-16-8-6-4-3-5-7-9-16/h10-12,16H,2-9,14H2,1H3,(H,21,22). The van der Waals surface area contributed by atoms with Crippen LogP contribution in [-0.4, -0.2) is 25.2 Å². The van der Waals surface area contributed by atoms with Gasteiger partial charge in [-0.05, 0) is 31.9 Å². The van der Waals surface area contributed by atoms with E-state index in [1.165, 1.54) is 32.1 Å². The van der Waals surface area contributed by atoms with Gasteiger partial charge in [-0.1, -0.05) is 32.1 Å². The lowest BCUT2D eigenvalue weighted by Crippen LogP contribution is -2.38. The van der Waals surface area contributed by atoms with E-state index in [2.05, 4.69) is 11.4 Å². The number of nitrogens with one attached hydrogen (secondary N) is 1. The average Bonchev–Trinajstić information content (AvgIpc) is 2.56. The highest BCUT2D eigenvalue weighted by atomic mass is 16.5. The van der Waals surface area contributed by atoms with Crippen LogP contribution in [0.5, 0.6) is 11.5 Å². The molecule has 1 aliphatic carbocycles. The third-order valence-corrected chi connectivity index (χ3v) is 4.20. The van der Waals surface area contributed by atoms with Crippen molar-refractivity contribution >= 4 is 5.91 Å². The molecular formula is C19H26N2O3. The van der Waals surface area contributed by atoms with Gasteiger partial charge in [0.05, 0.1) is 18.2 Å². The fourth-order valence-electron chi connectivity index (χ4n) is 2.98.